The molecular weight excluding hydrogens is 236 g/mol. The summed E-state index contributed by atoms with van der Waals surface area (Å²) in [7, 11) is 0. The summed E-state index contributed by atoms with van der Waals surface area (Å²) in [6, 6.07) is 8.94. The minimum atomic E-state index is 0.516. The highest BCUT2D eigenvalue weighted by Crippen LogP contribution is 2.33. The van der Waals surface area contributed by atoms with Gasteiger partial charge in [-0.05, 0) is 31.0 Å². The Hall–Kier alpha value is -1.22. The molecule has 3 heteroatoms. The summed E-state index contributed by atoms with van der Waals surface area (Å²) in [5.41, 5.74) is 1.25. The van der Waals surface area contributed by atoms with Gasteiger partial charge in [-0.25, -0.2) is 0 Å². The molecule has 106 valence electrons. The highest BCUT2D eigenvalue weighted by molar-refractivity contribution is 5.59. The Labute approximate surface area is 116 Å². The molecular formula is C16H26N2O. The van der Waals surface area contributed by atoms with Gasteiger partial charge in [0.15, 0.2) is 0 Å². The topological polar surface area (TPSA) is 24.5 Å². The van der Waals surface area contributed by atoms with E-state index in [2.05, 4.69) is 55.3 Å². The Morgan fingerprint density at radius 3 is 2.84 bits per heavy atom. The third-order valence-electron chi connectivity index (χ3n) is 3.75. The fourth-order valence-electron chi connectivity index (χ4n) is 2.70. The number of nitrogens with one attached hydrogen (secondary N) is 1. The van der Waals surface area contributed by atoms with E-state index in [1.54, 1.807) is 0 Å². The molecule has 1 unspecified atom stereocenters. The molecule has 0 bridgehead atoms. The van der Waals surface area contributed by atoms with Crippen molar-refractivity contribution >= 4 is 5.69 Å². The molecule has 0 aliphatic carbocycles. The molecule has 19 heavy (non-hydrogen) atoms. The van der Waals surface area contributed by atoms with E-state index in [0.29, 0.717) is 12.0 Å². The molecule has 1 aromatic carbocycles. The van der Waals surface area contributed by atoms with Crippen LogP contribution in [0.1, 0.15) is 27.2 Å². The molecule has 1 N–H and O–H groups in total. The van der Waals surface area contributed by atoms with Gasteiger partial charge in [0, 0.05) is 19.1 Å². The zero-order chi connectivity index (χ0) is 13.7. The summed E-state index contributed by atoms with van der Waals surface area (Å²) in [6.45, 7) is 10.7. The highest BCUT2D eigenvalue weighted by atomic mass is 16.5. The number of ether oxygens (including phenoxy) is 1. The zero-order valence-corrected chi connectivity index (χ0v) is 12.4. The van der Waals surface area contributed by atoms with Crippen molar-refractivity contribution in [3.63, 3.8) is 0 Å². The molecule has 3 nitrogen and oxygen atoms in total. The minimum absolute atomic E-state index is 0.516. The molecule has 1 aromatic rings. The van der Waals surface area contributed by atoms with Crippen LogP contribution >= 0.6 is 0 Å². The lowest BCUT2D eigenvalue weighted by Crippen LogP contribution is -2.46. The quantitative estimate of drug-likeness (QED) is 0.883. The van der Waals surface area contributed by atoms with Crippen LogP contribution < -0.4 is 15.0 Å². The van der Waals surface area contributed by atoms with Crippen LogP contribution in [0.2, 0.25) is 0 Å². The molecule has 0 amide bonds. The van der Waals surface area contributed by atoms with Crippen LogP contribution in [0.25, 0.3) is 0 Å². The monoisotopic (exact) mass is 262 g/mol. The third-order valence-corrected chi connectivity index (χ3v) is 3.75. The SMILES string of the molecule is CCNCC(C(C)C)N1CCCOc2ccccc21. The molecule has 0 spiro atoms. The number of likely N-dealkylation sites (N-methyl/N-ethyl adjacent to an activating group) is 1. The molecule has 1 heterocycles. The predicted octanol–water partition coefficient (Wildman–Crippen LogP) is 2.91. The number of nitrogens with zero attached hydrogens (tertiary/aromatic N) is 1. The summed E-state index contributed by atoms with van der Waals surface area (Å²) < 4.78 is 5.85. The number of anilines is 1. The summed E-state index contributed by atoms with van der Waals surface area (Å²) in [6.07, 6.45) is 1.09. The summed E-state index contributed by atoms with van der Waals surface area (Å²) >= 11 is 0. The van der Waals surface area contributed by atoms with E-state index < -0.39 is 0 Å². The summed E-state index contributed by atoms with van der Waals surface area (Å²) in [4.78, 5) is 2.52. The molecule has 0 radical (unpaired) electrons. The molecule has 1 aliphatic heterocycles. The number of hydrogen-bond acceptors (Lipinski definition) is 3. The third kappa shape index (κ3) is 3.41. The Morgan fingerprint density at radius 2 is 2.11 bits per heavy atom. The molecule has 1 aliphatic rings. The summed E-state index contributed by atoms with van der Waals surface area (Å²) in [5, 5.41) is 3.50. The van der Waals surface area contributed by atoms with Gasteiger partial charge in [0.2, 0.25) is 0 Å². The fourth-order valence-corrected chi connectivity index (χ4v) is 2.70. The molecule has 2 rings (SSSR count). The smallest absolute Gasteiger partial charge is 0.142 e. The first kappa shape index (κ1) is 14.2. The van der Waals surface area contributed by atoms with Gasteiger partial charge in [0.1, 0.15) is 5.75 Å². The van der Waals surface area contributed by atoms with E-state index in [9.17, 15) is 0 Å². The maximum Gasteiger partial charge on any atom is 0.142 e. The molecule has 0 saturated heterocycles. The Kier molecular flexibility index (Phi) is 5.08. The largest absolute Gasteiger partial charge is 0.491 e. The van der Waals surface area contributed by atoms with Crippen LogP contribution in [0.4, 0.5) is 5.69 Å². The lowest BCUT2D eigenvalue weighted by Gasteiger charge is -2.36. The number of para-hydroxylation sites is 2. The second-order valence-electron chi connectivity index (χ2n) is 5.48. The lowest BCUT2D eigenvalue weighted by molar-refractivity contribution is 0.321. The second-order valence-corrected chi connectivity index (χ2v) is 5.48. The van der Waals surface area contributed by atoms with E-state index in [0.717, 1.165) is 38.4 Å². The van der Waals surface area contributed by atoms with Crippen LogP contribution in [-0.2, 0) is 0 Å². The first-order valence-electron chi connectivity index (χ1n) is 7.43. The Bertz CT molecular complexity index is 392. The summed E-state index contributed by atoms with van der Waals surface area (Å²) in [5.74, 6) is 1.65. The van der Waals surface area contributed by atoms with Crippen molar-refractivity contribution in [2.75, 3.05) is 31.1 Å². The van der Waals surface area contributed by atoms with E-state index in [1.807, 2.05) is 0 Å². The van der Waals surface area contributed by atoms with Gasteiger partial charge >= 0.3 is 0 Å². The molecule has 1 atom stereocenters. The van der Waals surface area contributed by atoms with Gasteiger partial charge in [-0.15, -0.1) is 0 Å². The number of hydrogen-bond donors (Lipinski definition) is 1. The molecule has 0 saturated carbocycles. The highest BCUT2D eigenvalue weighted by Gasteiger charge is 2.25. The van der Waals surface area contributed by atoms with Crippen molar-refractivity contribution in [2.24, 2.45) is 5.92 Å². The van der Waals surface area contributed by atoms with Gasteiger partial charge in [0.05, 0.1) is 12.3 Å². The standard InChI is InChI=1S/C16H26N2O/c1-4-17-12-15(13(2)3)18-10-7-11-19-16-9-6-5-8-14(16)18/h5-6,8-9,13,15,17H,4,7,10-12H2,1-3H3. The van der Waals surface area contributed by atoms with Crippen LogP contribution in [-0.4, -0.2) is 32.3 Å². The van der Waals surface area contributed by atoms with E-state index in [4.69, 9.17) is 4.74 Å². The second kappa shape index (κ2) is 6.80. The van der Waals surface area contributed by atoms with Crippen LogP contribution in [0.5, 0.6) is 5.75 Å². The number of fused-ring (bicyclic) bond motifs is 1. The maximum absolute atomic E-state index is 5.85. The van der Waals surface area contributed by atoms with Crippen LogP contribution in [0.15, 0.2) is 24.3 Å². The number of rotatable bonds is 5. The molecule has 0 aromatic heterocycles. The minimum Gasteiger partial charge on any atom is -0.491 e. The first-order chi connectivity index (χ1) is 9.24. The van der Waals surface area contributed by atoms with E-state index in [1.165, 1.54) is 5.69 Å². The van der Waals surface area contributed by atoms with Gasteiger partial charge < -0.3 is 15.0 Å². The maximum atomic E-state index is 5.85. The van der Waals surface area contributed by atoms with E-state index >= 15 is 0 Å². The Balaban J connectivity index is 2.25. The zero-order valence-electron chi connectivity index (χ0n) is 12.4. The van der Waals surface area contributed by atoms with E-state index in [-0.39, 0.29) is 0 Å². The Morgan fingerprint density at radius 1 is 1.32 bits per heavy atom. The van der Waals surface area contributed by atoms with Gasteiger partial charge in [0.25, 0.3) is 0 Å². The van der Waals surface area contributed by atoms with Gasteiger partial charge in [-0.1, -0.05) is 32.9 Å². The molecule has 0 fully saturated rings. The van der Waals surface area contributed by atoms with Gasteiger partial charge in [-0.3, -0.25) is 0 Å². The van der Waals surface area contributed by atoms with Crippen LogP contribution in [0, 0.1) is 5.92 Å². The van der Waals surface area contributed by atoms with Gasteiger partial charge in [-0.2, -0.15) is 0 Å². The predicted molar refractivity (Wildman–Crippen MR) is 81.1 cm³/mol. The normalized spacial score (nSPS) is 16.7. The average molecular weight is 262 g/mol. The van der Waals surface area contributed by atoms with Crippen molar-refractivity contribution in [3.8, 4) is 5.75 Å². The van der Waals surface area contributed by atoms with Crippen LogP contribution in [0.3, 0.4) is 0 Å². The first-order valence-corrected chi connectivity index (χ1v) is 7.43. The average Bonchev–Trinajstić information content (AvgIpc) is 2.62. The van der Waals surface area contributed by atoms with Crippen molar-refractivity contribution in [1.82, 2.24) is 5.32 Å². The lowest BCUT2D eigenvalue weighted by atomic mass is 10.0. The van der Waals surface area contributed by atoms with Crippen molar-refractivity contribution in [1.29, 1.82) is 0 Å². The number of benzene rings is 1. The fraction of sp³-hybridized carbons (Fsp3) is 0.625. The van der Waals surface area contributed by atoms with Crippen molar-refractivity contribution in [2.45, 2.75) is 33.2 Å². The van der Waals surface area contributed by atoms with Crippen molar-refractivity contribution in [3.05, 3.63) is 24.3 Å². The van der Waals surface area contributed by atoms with Crippen molar-refractivity contribution < 1.29 is 4.74 Å².